The molecule has 4 heterocycles. The third-order valence-electron chi connectivity index (χ3n) is 8.79. The quantitative estimate of drug-likeness (QED) is 0.0484. The zero-order chi connectivity index (χ0) is 42.6. The second kappa shape index (κ2) is 24.7. The summed E-state index contributed by atoms with van der Waals surface area (Å²) in [7, 11) is 1.69. The van der Waals surface area contributed by atoms with Gasteiger partial charge in [-0.3, -0.25) is 29.1 Å². The Morgan fingerprint density at radius 1 is 0.948 bits per heavy atom. The maximum absolute atomic E-state index is 13.2. The number of hydrogen-bond acceptors (Lipinski definition) is 14. The van der Waals surface area contributed by atoms with Crippen LogP contribution in [0.4, 0.5) is 17.7 Å². The fourth-order valence-corrected chi connectivity index (χ4v) is 5.96. The number of carbonyl (C=O) groups excluding carboxylic acids is 2. The monoisotopic (exact) mass is 832 g/mol. The van der Waals surface area contributed by atoms with Crippen molar-refractivity contribution in [3.63, 3.8) is 0 Å². The number of nitrogens with one attached hydrogen (secondary N) is 5. The molecule has 2 amide bonds. The standard InChI is InChI=1S/C30H41ClN6O8.C6H10N4O.C2H6/c31-9-3-1-2-4-11-43-13-14-44-12-10-33-27(40)20-7-5-19(6-8-20)16-34-28(41)21-17-37(24-15-22(39)23(18-38)45-24)26-25(21)29(42)36-30(32)35-26;1-3-4(8-2)9-6(7)10-5(3)11;1-2/h5-8,17,22-24,38-39H,1-4,9-16,18H2,(H,33,40)(H,34,41)(H3,32,35,36,42);1-2H3,(H4,7,8,9,10,11);1-2H3. The molecule has 20 heteroatoms. The highest BCUT2D eigenvalue weighted by Crippen LogP contribution is 2.32. The first-order valence-corrected chi connectivity index (χ1v) is 19.8. The molecule has 3 aromatic heterocycles. The summed E-state index contributed by atoms with van der Waals surface area (Å²) in [4.78, 5) is 62.3. The average Bonchev–Trinajstić information content (AvgIpc) is 3.80. The van der Waals surface area contributed by atoms with Crippen molar-refractivity contribution in [3.05, 3.63) is 73.4 Å². The minimum absolute atomic E-state index is 0.0182. The lowest BCUT2D eigenvalue weighted by Crippen LogP contribution is -2.27. The Labute approximate surface area is 341 Å². The number of fused-ring (bicyclic) bond motifs is 1. The molecule has 0 bridgehead atoms. The third-order valence-corrected chi connectivity index (χ3v) is 9.06. The number of nitrogen functional groups attached to an aromatic ring is 2. The zero-order valence-electron chi connectivity index (χ0n) is 33.4. The van der Waals surface area contributed by atoms with E-state index < -0.39 is 29.9 Å². The average molecular weight is 833 g/mol. The fraction of sp³-hybridized carbons (Fsp3) is 0.526. The molecule has 1 aromatic carbocycles. The molecule has 19 nitrogen and oxygen atoms in total. The highest BCUT2D eigenvalue weighted by molar-refractivity contribution is 6.17. The number of carbonyl (C=O) groups is 2. The van der Waals surface area contributed by atoms with Gasteiger partial charge in [-0.25, -0.2) is 0 Å². The van der Waals surface area contributed by atoms with Crippen LogP contribution in [0, 0.1) is 6.92 Å². The van der Waals surface area contributed by atoms with E-state index in [9.17, 15) is 29.4 Å². The van der Waals surface area contributed by atoms with E-state index in [-0.39, 0.29) is 59.5 Å². The predicted molar refractivity (Wildman–Crippen MR) is 222 cm³/mol. The van der Waals surface area contributed by atoms with Crippen LogP contribution in [0.5, 0.6) is 0 Å². The molecule has 320 valence electrons. The highest BCUT2D eigenvalue weighted by atomic mass is 35.5. The van der Waals surface area contributed by atoms with E-state index in [1.165, 1.54) is 10.8 Å². The molecule has 1 fully saturated rings. The van der Waals surface area contributed by atoms with E-state index in [1.54, 1.807) is 38.2 Å². The van der Waals surface area contributed by atoms with Gasteiger partial charge in [0.2, 0.25) is 11.9 Å². The number of ether oxygens (including phenoxy) is 3. The van der Waals surface area contributed by atoms with Crippen LogP contribution >= 0.6 is 11.6 Å². The Balaban J connectivity index is 0.000000592. The topological polar surface area (TPSA) is 287 Å². The molecule has 4 aromatic rings. The lowest BCUT2D eigenvalue weighted by molar-refractivity contribution is -0.0430. The van der Waals surface area contributed by atoms with Crippen molar-refractivity contribution in [2.24, 2.45) is 0 Å². The van der Waals surface area contributed by atoms with Crippen molar-refractivity contribution in [2.75, 3.05) is 69.3 Å². The van der Waals surface area contributed by atoms with Gasteiger partial charge in [-0.05, 0) is 37.5 Å². The molecule has 0 radical (unpaired) electrons. The molecule has 0 saturated carbocycles. The number of hydrogen-bond donors (Lipinski definition) is 9. The van der Waals surface area contributed by atoms with Crippen molar-refractivity contribution in [2.45, 2.75) is 77.9 Å². The normalized spacial score (nSPS) is 15.9. The summed E-state index contributed by atoms with van der Waals surface area (Å²) in [5, 5.41) is 28.0. The molecule has 5 rings (SSSR count). The first kappa shape index (κ1) is 47.3. The van der Waals surface area contributed by atoms with Gasteiger partial charge in [-0.1, -0.05) is 38.8 Å². The number of nitrogens with two attached hydrogens (primary N) is 2. The third kappa shape index (κ3) is 13.8. The van der Waals surface area contributed by atoms with Gasteiger partial charge in [-0.2, -0.15) is 9.97 Å². The molecule has 3 atom stereocenters. The van der Waals surface area contributed by atoms with Gasteiger partial charge >= 0.3 is 0 Å². The largest absolute Gasteiger partial charge is 0.394 e. The summed E-state index contributed by atoms with van der Waals surface area (Å²) in [5.41, 5.74) is 12.1. The summed E-state index contributed by atoms with van der Waals surface area (Å²) >= 11 is 5.66. The first-order valence-electron chi connectivity index (χ1n) is 19.2. The van der Waals surface area contributed by atoms with Gasteiger partial charge < -0.3 is 56.4 Å². The van der Waals surface area contributed by atoms with E-state index in [0.29, 0.717) is 55.8 Å². The van der Waals surface area contributed by atoms with Crippen molar-refractivity contribution >= 4 is 52.2 Å². The van der Waals surface area contributed by atoms with Gasteiger partial charge in [0, 0.05) is 50.8 Å². The number of aromatic amines is 2. The van der Waals surface area contributed by atoms with E-state index in [4.69, 9.17) is 37.3 Å². The number of H-pyrrole nitrogens is 2. The second-order valence-electron chi connectivity index (χ2n) is 12.9. The van der Waals surface area contributed by atoms with E-state index in [2.05, 4.69) is 35.9 Å². The first-order chi connectivity index (χ1) is 28.0. The highest BCUT2D eigenvalue weighted by Gasteiger charge is 2.36. The van der Waals surface area contributed by atoms with Crippen molar-refractivity contribution in [1.82, 2.24) is 35.1 Å². The molecule has 3 unspecified atom stereocenters. The molecule has 1 aliphatic rings. The molecule has 1 aliphatic heterocycles. The molecule has 11 N–H and O–H groups in total. The molecule has 58 heavy (non-hydrogen) atoms. The molecular weight excluding hydrogens is 776 g/mol. The van der Waals surface area contributed by atoms with Crippen LogP contribution in [-0.4, -0.2) is 111 Å². The minimum Gasteiger partial charge on any atom is -0.394 e. The van der Waals surface area contributed by atoms with Crippen molar-refractivity contribution in [3.8, 4) is 0 Å². The molecule has 0 spiro atoms. The van der Waals surface area contributed by atoms with Gasteiger partial charge in [0.1, 0.15) is 18.1 Å². The molecular formula is C38H57ClN10O9. The summed E-state index contributed by atoms with van der Waals surface area (Å²) < 4.78 is 18.2. The smallest absolute Gasteiger partial charge is 0.262 e. The van der Waals surface area contributed by atoms with Crippen LogP contribution in [0.3, 0.4) is 0 Å². The minimum atomic E-state index is -0.927. The number of unbranched alkanes of at least 4 members (excludes halogenated alkanes) is 3. The molecule has 1 saturated heterocycles. The van der Waals surface area contributed by atoms with Crippen LogP contribution in [0.1, 0.15) is 84.0 Å². The SMILES string of the molecule is CC.CNc1nc(N)[nH]c(=O)c1C.Nc1nc2c(c(C(=O)NCc3ccc(C(=O)NCCOCCOCCCCCCCl)cc3)cn2C2CC(O)C(CO)O2)c(=O)[nH]1. The number of anilines is 3. The second-order valence-corrected chi connectivity index (χ2v) is 13.2. The van der Waals surface area contributed by atoms with E-state index in [0.717, 1.165) is 31.2 Å². The van der Waals surface area contributed by atoms with Gasteiger partial charge in [-0.15, -0.1) is 11.6 Å². The van der Waals surface area contributed by atoms with Gasteiger partial charge in [0.15, 0.2) is 5.65 Å². The Morgan fingerprint density at radius 3 is 2.26 bits per heavy atom. The van der Waals surface area contributed by atoms with Gasteiger partial charge in [0.25, 0.3) is 22.9 Å². The summed E-state index contributed by atoms with van der Waals surface area (Å²) in [6.45, 7) is 7.81. The van der Waals surface area contributed by atoms with Crippen molar-refractivity contribution in [1.29, 1.82) is 0 Å². The number of aromatic nitrogens is 5. The number of amides is 2. The van der Waals surface area contributed by atoms with Crippen LogP contribution < -0.4 is 38.5 Å². The molecule has 0 aliphatic carbocycles. The van der Waals surface area contributed by atoms with E-state index >= 15 is 0 Å². The number of alkyl halides is 1. The lowest BCUT2D eigenvalue weighted by atomic mass is 10.1. The van der Waals surface area contributed by atoms with Crippen LogP contribution in [0.15, 0.2) is 40.1 Å². The summed E-state index contributed by atoms with van der Waals surface area (Å²) in [5.74, 6) is 0.422. The number of halogens is 1. The number of nitrogens with zero attached hydrogens (tertiary/aromatic N) is 3. The van der Waals surface area contributed by atoms with Crippen molar-refractivity contribution < 1.29 is 34.0 Å². The fourth-order valence-electron chi connectivity index (χ4n) is 5.77. The Kier molecular flexibility index (Phi) is 20.1. The van der Waals surface area contributed by atoms with Crippen LogP contribution in [-0.2, 0) is 20.8 Å². The lowest BCUT2D eigenvalue weighted by Gasteiger charge is -2.14. The summed E-state index contributed by atoms with van der Waals surface area (Å²) in [6.07, 6.45) is 3.32. The maximum Gasteiger partial charge on any atom is 0.262 e. The predicted octanol–water partition coefficient (Wildman–Crippen LogP) is 2.17. The maximum atomic E-state index is 13.2. The van der Waals surface area contributed by atoms with Crippen LogP contribution in [0.2, 0.25) is 0 Å². The number of aliphatic hydroxyl groups is 2. The summed E-state index contributed by atoms with van der Waals surface area (Å²) in [6, 6.07) is 6.75. The number of aliphatic hydroxyl groups excluding tert-OH is 2. The Bertz CT molecular complexity index is 2010. The Hall–Kier alpha value is -5.05. The number of rotatable bonds is 19. The Morgan fingerprint density at radius 2 is 1.60 bits per heavy atom. The van der Waals surface area contributed by atoms with Crippen LogP contribution in [0.25, 0.3) is 11.0 Å². The van der Waals surface area contributed by atoms with E-state index in [1.807, 2.05) is 13.8 Å². The number of benzene rings is 1. The zero-order valence-corrected chi connectivity index (χ0v) is 34.2. The van der Waals surface area contributed by atoms with Gasteiger partial charge in [0.05, 0.1) is 49.0 Å².